The molecular formula is C11H30O5Si3. The summed E-state index contributed by atoms with van der Waals surface area (Å²) in [6.45, 7) is 17.7. The Morgan fingerprint density at radius 3 is 1.16 bits per heavy atom. The minimum Gasteiger partial charge on any atom is -0.395 e. The highest BCUT2D eigenvalue weighted by molar-refractivity contribution is 6.82. The van der Waals surface area contributed by atoms with Crippen molar-refractivity contribution in [3.63, 3.8) is 0 Å². The van der Waals surface area contributed by atoms with Crippen molar-refractivity contribution in [1.29, 1.82) is 0 Å². The van der Waals surface area contributed by atoms with E-state index in [4.69, 9.17) is 21.5 Å². The summed E-state index contributed by atoms with van der Waals surface area (Å²) in [5.74, 6) is 0. The Kier molecular flexibility index (Phi) is 8.22. The fourth-order valence-corrected chi connectivity index (χ4v) is 12.5. The molecule has 0 bridgehead atoms. The molecule has 0 aromatic rings. The zero-order valence-electron chi connectivity index (χ0n) is 13.7. The van der Waals surface area contributed by atoms with Gasteiger partial charge in [0.05, 0.1) is 0 Å². The van der Waals surface area contributed by atoms with Gasteiger partial charge in [0.15, 0.2) is 0 Å². The second-order valence-corrected chi connectivity index (χ2v) is 15.0. The number of rotatable bonds is 10. The molecule has 0 aliphatic heterocycles. The molecule has 0 fully saturated rings. The van der Waals surface area contributed by atoms with E-state index >= 15 is 0 Å². The van der Waals surface area contributed by atoms with E-state index in [1.165, 1.54) is 0 Å². The van der Waals surface area contributed by atoms with Gasteiger partial charge in [0, 0.05) is 26.4 Å². The average molecular weight is 327 g/mol. The Labute approximate surface area is 121 Å². The van der Waals surface area contributed by atoms with Gasteiger partial charge in [-0.3, -0.25) is 0 Å². The normalized spacial score (nSPS) is 13.9. The second-order valence-electron chi connectivity index (χ2n) is 5.17. The van der Waals surface area contributed by atoms with E-state index in [0.717, 1.165) is 0 Å². The minimum atomic E-state index is -2.72. The summed E-state index contributed by atoms with van der Waals surface area (Å²) in [6, 6.07) is 0. The topological polar surface area (TPSA) is 46.2 Å². The zero-order valence-corrected chi connectivity index (χ0v) is 16.7. The second kappa shape index (κ2) is 8.03. The van der Waals surface area contributed by atoms with Gasteiger partial charge in [-0.25, -0.2) is 0 Å². The lowest BCUT2D eigenvalue weighted by Crippen LogP contribution is -2.58. The van der Waals surface area contributed by atoms with Crippen LogP contribution >= 0.6 is 0 Å². The van der Waals surface area contributed by atoms with E-state index in [2.05, 4.69) is 0 Å². The number of hydrogen-bond acceptors (Lipinski definition) is 5. The molecular weight excluding hydrogens is 296 g/mol. The first kappa shape index (κ1) is 19.5. The molecule has 0 spiro atoms. The molecule has 0 aromatic carbocycles. The monoisotopic (exact) mass is 326 g/mol. The van der Waals surface area contributed by atoms with Gasteiger partial charge >= 0.3 is 25.9 Å². The van der Waals surface area contributed by atoms with Crippen molar-refractivity contribution in [3.05, 3.63) is 0 Å². The van der Waals surface area contributed by atoms with Crippen molar-refractivity contribution >= 4 is 25.9 Å². The van der Waals surface area contributed by atoms with E-state index in [0.29, 0.717) is 19.8 Å². The van der Waals surface area contributed by atoms with Crippen molar-refractivity contribution < 1.29 is 21.5 Å². The lowest BCUT2D eigenvalue weighted by Gasteiger charge is -2.37. The minimum absolute atomic E-state index is 0.565. The van der Waals surface area contributed by atoms with Crippen LogP contribution < -0.4 is 0 Å². The molecule has 0 N–H and O–H groups in total. The summed E-state index contributed by atoms with van der Waals surface area (Å²) >= 11 is 0. The van der Waals surface area contributed by atoms with Gasteiger partial charge in [-0.2, -0.15) is 0 Å². The highest BCUT2D eigenvalue weighted by atomic mass is 28.5. The van der Waals surface area contributed by atoms with Crippen LogP contribution in [-0.2, 0) is 21.5 Å². The molecule has 0 rings (SSSR count). The first-order chi connectivity index (χ1) is 8.60. The molecule has 19 heavy (non-hydrogen) atoms. The molecule has 0 heterocycles. The third kappa shape index (κ3) is 8.35. The fourth-order valence-electron chi connectivity index (χ4n) is 1.99. The summed E-state index contributed by atoms with van der Waals surface area (Å²) in [5.41, 5.74) is 0. The van der Waals surface area contributed by atoms with Gasteiger partial charge in [0.1, 0.15) is 0 Å². The Morgan fingerprint density at radius 2 is 0.895 bits per heavy atom. The Balaban J connectivity index is 4.84. The van der Waals surface area contributed by atoms with Crippen molar-refractivity contribution in [2.45, 2.75) is 53.5 Å². The van der Waals surface area contributed by atoms with Gasteiger partial charge in [0.2, 0.25) is 0 Å². The zero-order chi connectivity index (χ0) is 15.2. The summed E-state index contributed by atoms with van der Waals surface area (Å²) in [7, 11) is -7.16. The average Bonchev–Trinajstić information content (AvgIpc) is 2.13. The predicted octanol–water partition coefficient (Wildman–Crippen LogP) is 3.10. The van der Waals surface area contributed by atoms with Crippen molar-refractivity contribution in [3.8, 4) is 0 Å². The van der Waals surface area contributed by atoms with Crippen LogP contribution in [0.4, 0.5) is 0 Å². The third-order valence-corrected chi connectivity index (χ3v) is 11.9. The first-order valence-corrected chi connectivity index (χ1v) is 14.8. The van der Waals surface area contributed by atoms with Crippen LogP contribution in [0.15, 0.2) is 0 Å². The molecule has 0 aliphatic rings. The third-order valence-electron chi connectivity index (χ3n) is 2.25. The molecule has 8 heteroatoms. The highest BCUT2D eigenvalue weighted by Crippen LogP contribution is 2.22. The number of hydrogen-bond donors (Lipinski definition) is 0. The van der Waals surface area contributed by atoms with Gasteiger partial charge in [-0.15, -0.1) is 0 Å². The van der Waals surface area contributed by atoms with Crippen LogP contribution in [-0.4, -0.2) is 45.7 Å². The maximum atomic E-state index is 6.15. The SMILES string of the molecule is CCO[Si](C)(C)O[Si](C)(OCC)O[Si](C)(C)OCC. The quantitative estimate of drug-likeness (QED) is 0.577. The molecule has 5 nitrogen and oxygen atoms in total. The van der Waals surface area contributed by atoms with Gasteiger partial charge in [0.25, 0.3) is 0 Å². The van der Waals surface area contributed by atoms with Crippen LogP contribution in [0.1, 0.15) is 20.8 Å². The molecule has 0 saturated heterocycles. The van der Waals surface area contributed by atoms with Crippen molar-refractivity contribution in [1.82, 2.24) is 0 Å². The van der Waals surface area contributed by atoms with E-state index in [-0.39, 0.29) is 0 Å². The van der Waals surface area contributed by atoms with E-state index in [1.54, 1.807) is 0 Å². The molecule has 0 radical (unpaired) electrons. The predicted molar refractivity (Wildman–Crippen MR) is 83.6 cm³/mol. The summed E-state index contributed by atoms with van der Waals surface area (Å²) in [6.07, 6.45) is 0. The maximum absolute atomic E-state index is 6.15. The van der Waals surface area contributed by atoms with Crippen LogP contribution in [0.5, 0.6) is 0 Å². The van der Waals surface area contributed by atoms with E-state index in [9.17, 15) is 0 Å². The van der Waals surface area contributed by atoms with Gasteiger partial charge in [-0.1, -0.05) is 0 Å². The largest absolute Gasteiger partial charge is 0.479 e. The standard InChI is InChI=1S/C11H30O5Si3/c1-9-12-17(4,5)15-19(8,14-11-3)16-18(6,7)13-10-2/h9-11H2,1-8H3. The van der Waals surface area contributed by atoms with Crippen molar-refractivity contribution in [2.24, 2.45) is 0 Å². The van der Waals surface area contributed by atoms with E-state index < -0.39 is 25.9 Å². The fraction of sp³-hybridized carbons (Fsp3) is 1.00. The molecule has 0 aliphatic carbocycles. The van der Waals surface area contributed by atoms with Crippen LogP contribution in [0.3, 0.4) is 0 Å². The van der Waals surface area contributed by atoms with Gasteiger partial charge in [-0.05, 0) is 47.0 Å². The summed E-state index contributed by atoms with van der Waals surface area (Å²) < 4.78 is 29.5. The van der Waals surface area contributed by atoms with Gasteiger partial charge < -0.3 is 21.5 Å². The molecule has 0 saturated carbocycles. The summed E-state index contributed by atoms with van der Waals surface area (Å²) in [5, 5.41) is 0. The lowest BCUT2D eigenvalue weighted by molar-refractivity contribution is 0.128. The molecule has 0 atom stereocenters. The first-order valence-electron chi connectivity index (χ1n) is 6.92. The molecule has 0 aromatic heterocycles. The Hall–Kier alpha value is 0.451. The highest BCUT2D eigenvalue weighted by Gasteiger charge is 2.47. The van der Waals surface area contributed by atoms with Crippen LogP contribution in [0.25, 0.3) is 0 Å². The Bertz CT molecular complexity index is 241. The maximum Gasteiger partial charge on any atom is 0.479 e. The Morgan fingerprint density at radius 1 is 0.579 bits per heavy atom. The van der Waals surface area contributed by atoms with E-state index in [1.807, 2.05) is 53.5 Å². The molecule has 0 unspecified atom stereocenters. The molecule has 116 valence electrons. The lowest BCUT2D eigenvalue weighted by atomic mass is 10.9. The molecule has 0 amide bonds. The van der Waals surface area contributed by atoms with Crippen LogP contribution in [0.2, 0.25) is 32.7 Å². The smallest absolute Gasteiger partial charge is 0.395 e. The summed E-state index contributed by atoms with van der Waals surface area (Å²) in [4.78, 5) is 0. The van der Waals surface area contributed by atoms with Crippen LogP contribution in [0, 0.1) is 0 Å². The van der Waals surface area contributed by atoms with Crippen molar-refractivity contribution in [2.75, 3.05) is 19.8 Å².